The zero-order valence-corrected chi connectivity index (χ0v) is 17.0. The summed E-state index contributed by atoms with van der Waals surface area (Å²) in [5.41, 5.74) is 6.22. The maximum Gasteiger partial charge on any atom is 0.338 e. The summed E-state index contributed by atoms with van der Waals surface area (Å²) >= 11 is 7.49. The minimum Gasteiger partial charge on any atom is -0.448 e. The first-order valence-corrected chi connectivity index (χ1v) is 9.91. The van der Waals surface area contributed by atoms with Crippen molar-refractivity contribution in [1.82, 2.24) is 5.32 Å². The lowest BCUT2D eigenvalue weighted by Gasteiger charge is -2.20. The number of benzene rings is 2. The van der Waals surface area contributed by atoms with Crippen molar-refractivity contribution in [3.63, 3.8) is 0 Å². The van der Waals surface area contributed by atoms with Crippen LogP contribution < -0.4 is 11.1 Å². The molecule has 6 nitrogen and oxygen atoms in total. The van der Waals surface area contributed by atoms with Crippen molar-refractivity contribution >= 4 is 41.3 Å². The number of nitrogens with two attached hydrogens (primary N) is 1. The number of imide groups is 1. The quantitative estimate of drug-likeness (QED) is 0.520. The van der Waals surface area contributed by atoms with E-state index >= 15 is 0 Å². The molecule has 1 atom stereocenters. The molecule has 2 aromatic carbocycles. The fraction of sp³-hybridized carbons (Fsp3) is 0.250. The summed E-state index contributed by atoms with van der Waals surface area (Å²) in [6.07, 6.45) is -1.12. The standard InChI is InChI=1S/C20H21ClN2O4S/c1-12(2)17(18(24)23-20(22)26)27-19(25)14-5-3-4-13(10-14)11-28-16-8-6-15(21)7-9-16/h3-10,12,17H,11H2,1-2H3,(H3,22,23,24,26)/t17-/m0/s1. The van der Waals surface area contributed by atoms with Gasteiger partial charge >= 0.3 is 12.0 Å². The van der Waals surface area contributed by atoms with Crippen LogP contribution in [0.4, 0.5) is 4.79 Å². The van der Waals surface area contributed by atoms with E-state index in [2.05, 4.69) is 0 Å². The van der Waals surface area contributed by atoms with Crippen LogP contribution in [0.15, 0.2) is 53.4 Å². The highest BCUT2D eigenvalue weighted by Crippen LogP contribution is 2.25. The van der Waals surface area contributed by atoms with Crippen LogP contribution in [-0.2, 0) is 15.3 Å². The summed E-state index contributed by atoms with van der Waals surface area (Å²) in [6.45, 7) is 3.41. The van der Waals surface area contributed by atoms with E-state index in [1.807, 2.05) is 35.6 Å². The Bertz CT molecular complexity index is 856. The molecular weight excluding hydrogens is 400 g/mol. The number of urea groups is 1. The van der Waals surface area contributed by atoms with Crippen molar-refractivity contribution in [3.8, 4) is 0 Å². The van der Waals surface area contributed by atoms with Crippen LogP contribution in [0.3, 0.4) is 0 Å². The number of thioether (sulfide) groups is 1. The molecule has 0 bridgehead atoms. The number of amides is 3. The lowest BCUT2D eigenvalue weighted by molar-refractivity contribution is -0.130. The number of nitrogens with one attached hydrogen (secondary N) is 1. The second-order valence-corrected chi connectivity index (χ2v) is 7.85. The molecule has 2 rings (SSSR count). The van der Waals surface area contributed by atoms with Crippen molar-refractivity contribution in [2.24, 2.45) is 11.7 Å². The minimum absolute atomic E-state index is 0.326. The number of hydrogen-bond acceptors (Lipinski definition) is 5. The molecule has 0 saturated heterocycles. The van der Waals surface area contributed by atoms with Gasteiger partial charge in [0.15, 0.2) is 6.10 Å². The van der Waals surface area contributed by atoms with Crippen molar-refractivity contribution in [1.29, 1.82) is 0 Å². The summed E-state index contributed by atoms with van der Waals surface area (Å²) in [6, 6.07) is 13.5. The maximum atomic E-state index is 12.5. The van der Waals surface area contributed by atoms with Gasteiger partial charge in [0.1, 0.15) is 0 Å². The minimum atomic E-state index is -1.12. The third-order valence-electron chi connectivity index (χ3n) is 3.73. The van der Waals surface area contributed by atoms with Gasteiger partial charge in [-0.1, -0.05) is 37.6 Å². The molecule has 2 aromatic rings. The summed E-state index contributed by atoms with van der Waals surface area (Å²) < 4.78 is 5.31. The zero-order chi connectivity index (χ0) is 20.7. The SMILES string of the molecule is CC(C)[C@H](OC(=O)c1cccc(CSc2ccc(Cl)cc2)c1)C(=O)NC(N)=O. The van der Waals surface area contributed by atoms with Gasteiger partial charge in [-0.15, -0.1) is 11.8 Å². The fourth-order valence-corrected chi connectivity index (χ4v) is 3.32. The van der Waals surface area contributed by atoms with Gasteiger partial charge in [0, 0.05) is 15.7 Å². The van der Waals surface area contributed by atoms with Gasteiger partial charge in [0.2, 0.25) is 0 Å². The summed E-state index contributed by atoms with van der Waals surface area (Å²) in [5, 5.41) is 2.62. The topological polar surface area (TPSA) is 98.5 Å². The van der Waals surface area contributed by atoms with Crippen molar-refractivity contribution in [2.45, 2.75) is 30.6 Å². The molecule has 3 N–H and O–H groups in total. The second kappa shape index (κ2) is 10.1. The highest BCUT2D eigenvalue weighted by atomic mass is 35.5. The van der Waals surface area contributed by atoms with E-state index in [0.29, 0.717) is 16.3 Å². The average molecular weight is 421 g/mol. The summed E-state index contributed by atoms with van der Waals surface area (Å²) in [7, 11) is 0. The number of rotatable bonds is 7. The molecule has 0 spiro atoms. The Kier molecular flexibility index (Phi) is 7.90. The molecule has 0 aliphatic carbocycles. The third kappa shape index (κ3) is 6.58. The van der Waals surface area contributed by atoms with Crippen LogP contribution in [0.25, 0.3) is 0 Å². The first-order valence-electron chi connectivity index (χ1n) is 8.55. The van der Waals surface area contributed by atoms with Gasteiger partial charge in [-0.05, 0) is 47.9 Å². The van der Waals surface area contributed by atoms with E-state index in [9.17, 15) is 14.4 Å². The molecule has 0 aromatic heterocycles. The number of primary amides is 1. The van der Waals surface area contributed by atoms with Gasteiger partial charge in [-0.2, -0.15) is 0 Å². The largest absolute Gasteiger partial charge is 0.448 e. The van der Waals surface area contributed by atoms with Crippen LogP contribution in [0.5, 0.6) is 0 Å². The van der Waals surface area contributed by atoms with Crippen LogP contribution in [0.2, 0.25) is 5.02 Å². The van der Waals surface area contributed by atoms with Crippen molar-refractivity contribution in [3.05, 3.63) is 64.7 Å². The third-order valence-corrected chi connectivity index (χ3v) is 5.06. The van der Waals surface area contributed by atoms with Crippen molar-refractivity contribution in [2.75, 3.05) is 0 Å². The molecular formula is C20H21ClN2O4S. The average Bonchev–Trinajstić information content (AvgIpc) is 2.64. The monoisotopic (exact) mass is 420 g/mol. The molecule has 0 aliphatic rings. The van der Waals surface area contributed by atoms with Gasteiger partial charge in [-0.25, -0.2) is 9.59 Å². The number of carbonyl (C=O) groups excluding carboxylic acids is 3. The molecule has 0 unspecified atom stereocenters. The van der Waals surface area contributed by atoms with Gasteiger partial charge in [0.05, 0.1) is 5.56 Å². The Morgan fingerprint density at radius 2 is 1.82 bits per heavy atom. The molecule has 28 heavy (non-hydrogen) atoms. The van der Waals surface area contributed by atoms with E-state index < -0.39 is 24.0 Å². The molecule has 0 radical (unpaired) electrons. The molecule has 0 aliphatic heterocycles. The zero-order valence-electron chi connectivity index (χ0n) is 15.5. The normalized spacial score (nSPS) is 11.7. The summed E-state index contributed by atoms with van der Waals surface area (Å²) in [4.78, 5) is 36.4. The van der Waals surface area contributed by atoms with Crippen LogP contribution in [0, 0.1) is 5.92 Å². The Labute approximate surface area is 172 Å². The molecule has 8 heteroatoms. The number of hydrogen-bond donors (Lipinski definition) is 2. The Morgan fingerprint density at radius 3 is 2.43 bits per heavy atom. The molecule has 3 amide bonds. The van der Waals surface area contributed by atoms with Gasteiger partial charge < -0.3 is 10.5 Å². The van der Waals surface area contributed by atoms with E-state index in [1.165, 1.54) is 0 Å². The smallest absolute Gasteiger partial charge is 0.338 e. The Morgan fingerprint density at radius 1 is 1.14 bits per heavy atom. The first-order chi connectivity index (χ1) is 13.3. The number of ether oxygens (including phenoxy) is 1. The van der Waals surface area contributed by atoms with E-state index in [4.69, 9.17) is 22.1 Å². The number of halogens is 1. The molecule has 148 valence electrons. The lowest BCUT2D eigenvalue weighted by Crippen LogP contribution is -2.45. The van der Waals surface area contributed by atoms with Crippen LogP contribution in [0.1, 0.15) is 29.8 Å². The van der Waals surface area contributed by atoms with Crippen molar-refractivity contribution < 1.29 is 19.1 Å². The van der Waals surface area contributed by atoms with Crippen LogP contribution >= 0.6 is 23.4 Å². The van der Waals surface area contributed by atoms with Gasteiger partial charge in [0.25, 0.3) is 5.91 Å². The molecule has 0 fully saturated rings. The second-order valence-electron chi connectivity index (χ2n) is 6.37. The number of esters is 1. The van der Waals surface area contributed by atoms with Crippen LogP contribution in [-0.4, -0.2) is 24.0 Å². The first kappa shape index (κ1) is 21.8. The lowest BCUT2D eigenvalue weighted by atomic mass is 10.1. The molecule has 0 heterocycles. The number of carbonyl (C=O) groups is 3. The summed E-state index contributed by atoms with van der Waals surface area (Å²) in [5.74, 6) is -1.06. The predicted octanol–water partition coefficient (Wildman–Crippen LogP) is 4.01. The van der Waals surface area contributed by atoms with E-state index in [-0.39, 0.29) is 5.92 Å². The highest BCUT2D eigenvalue weighted by molar-refractivity contribution is 7.98. The maximum absolute atomic E-state index is 12.5. The Balaban J connectivity index is 2.04. The fourth-order valence-electron chi connectivity index (χ4n) is 2.35. The van der Waals surface area contributed by atoms with E-state index in [1.54, 1.807) is 43.8 Å². The predicted molar refractivity (Wildman–Crippen MR) is 109 cm³/mol. The Hall–Kier alpha value is -2.51. The van der Waals surface area contributed by atoms with Gasteiger partial charge in [-0.3, -0.25) is 10.1 Å². The van der Waals surface area contributed by atoms with E-state index in [0.717, 1.165) is 10.5 Å². The molecule has 0 saturated carbocycles. The highest BCUT2D eigenvalue weighted by Gasteiger charge is 2.27.